The number of benzene rings is 1. The van der Waals surface area contributed by atoms with E-state index in [-0.39, 0.29) is 36.9 Å². The number of halogens is 2. The summed E-state index contributed by atoms with van der Waals surface area (Å²) >= 11 is 6.04. The molecule has 1 heterocycles. The van der Waals surface area contributed by atoms with Gasteiger partial charge in [0.15, 0.2) is 0 Å². The van der Waals surface area contributed by atoms with Gasteiger partial charge in [-0.05, 0) is 17.7 Å². The summed E-state index contributed by atoms with van der Waals surface area (Å²) in [5.74, 6) is -0.610. The largest absolute Gasteiger partial charge is 0.396 e. The third kappa shape index (κ3) is 4.39. The molecule has 0 aromatic heterocycles. The number of aliphatic hydroxyl groups excluding tert-OH is 1. The second-order valence-corrected chi connectivity index (χ2v) is 5.89. The Hall–Kier alpha value is -1.21. The lowest BCUT2D eigenvalue weighted by Gasteiger charge is -2.18. The second-order valence-electron chi connectivity index (χ2n) is 5.48. The fourth-order valence-corrected chi connectivity index (χ4v) is 2.94. The maximum Gasteiger partial charge on any atom is 0.246 e. The van der Waals surface area contributed by atoms with Crippen molar-refractivity contribution >= 4 is 17.5 Å². The van der Waals surface area contributed by atoms with E-state index in [1.807, 2.05) is 0 Å². The summed E-state index contributed by atoms with van der Waals surface area (Å²) in [7, 11) is 1.46. The lowest BCUT2D eigenvalue weighted by Crippen LogP contribution is -2.43. The third-order valence-corrected chi connectivity index (χ3v) is 4.13. The molecule has 7 heteroatoms. The van der Waals surface area contributed by atoms with E-state index in [1.165, 1.54) is 19.2 Å². The molecule has 1 saturated heterocycles. The number of hydrogen-bond donors (Lipinski definition) is 2. The van der Waals surface area contributed by atoms with E-state index in [4.69, 9.17) is 16.3 Å². The first-order chi connectivity index (χ1) is 10.5. The zero-order chi connectivity index (χ0) is 16.1. The molecule has 0 saturated carbocycles. The summed E-state index contributed by atoms with van der Waals surface area (Å²) in [6, 6.07) is 4.18. The van der Waals surface area contributed by atoms with Gasteiger partial charge in [0.05, 0.1) is 0 Å². The first kappa shape index (κ1) is 17.1. The number of carbonyl (C=O) groups is 1. The van der Waals surface area contributed by atoms with Crippen molar-refractivity contribution in [2.24, 2.45) is 5.92 Å². The van der Waals surface area contributed by atoms with Crippen molar-refractivity contribution in [3.05, 3.63) is 34.6 Å². The van der Waals surface area contributed by atoms with Gasteiger partial charge in [-0.25, -0.2) is 4.39 Å². The third-order valence-electron chi connectivity index (χ3n) is 3.78. The van der Waals surface area contributed by atoms with Crippen LogP contribution in [0.2, 0.25) is 5.02 Å². The van der Waals surface area contributed by atoms with Gasteiger partial charge >= 0.3 is 0 Å². The lowest BCUT2D eigenvalue weighted by molar-refractivity contribution is -0.125. The van der Waals surface area contributed by atoms with Gasteiger partial charge in [-0.15, -0.1) is 0 Å². The van der Waals surface area contributed by atoms with Gasteiger partial charge in [0.2, 0.25) is 5.91 Å². The Morgan fingerprint density at radius 1 is 1.55 bits per heavy atom. The lowest BCUT2D eigenvalue weighted by atomic mass is 10.1. The molecule has 1 aromatic carbocycles. The van der Waals surface area contributed by atoms with Gasteiger partial charge in [-0.3, -0.25) is 9.69 Å². The molecule has 1 fully saturated rings. The molecule has 2 rings (SSSR count). The zero-order valence-corrected chi connectivity index (χ0v) is 13.1. The number of rotatable bonds is 6. The summed E-state index contributed by atoms with van der Waals surface area (Å²) in [6.07, 6.45) is 0. The summed E-state index contributed by atoms with van der Waals surface area (Å²) in [4.78, 5) is 13.7. The number of aliphatic hydroxyl groups is 1. The van der Waals surface area contributed by atoms with Gasteiger partial charge in [-0.2, -0.15) is 0 Å². The average Bonchev–Trinajstić information content (AvgIpc) is 2.84. The number of methoxy groups -OCH3 is 1. The number of nitrogens with zero attached hydrogens (tertiary/aromatic N) is 1. The van der Waals surface area contributed by atoms with Crippen molar-refractivity contribution in [2.45, 2.75) is 12.6 Å². The Kier molecular flexibility index (Phi) is 6.14. The fraction of sp³-hybridized carbons (Fsp3) is 0.533. The van der Waals surface area contributed by atoms with Crippen LogP contribution >= 0.6 is 11.6 Å². The van der Waals surface area contributed by atoms with Crippen molar-refractivity contribution in [3.63, 3.8) is 0 Å². The standard InChI is InChI=1S/C15H20ClFN2O3/c1-22-9-15(21)18-14-7-19(6-11(14)8-20)5-10-2-3-12(17)4-13(10)16/h2-4,11,14,20H,5-9H2,1H3,(H,18,21)/t11-,14+/m0/s1. The Morgan fingerprint density at radius 2 is 2.32 bits per heavy atom. The smallest absolute Gasteiger partial charge is 0.246 e. The molecule has 1 aliphatic rings. The van der Waals surface area contributed by atoms with E-state index in [9.17, 15) is 14.3 Å². The maximum atomic E-state index is 13.1. The van der Waals surface area contributed by atoms with Crippen LogP contribution in [0, 0.1) is 11.7 Å². The van der Waals surface area contributed by atoms with Gasteiger partial charge in [-0.1, -0.05) is 17.7 Å². The van der Waals surface area contributed by atoms with E-state index in [0.717, 1.165) is 5.56 Å². The minimum absolute atomic E-state index is 0.00155. The molecular formula is C15H20ClFN2O3. The highest BCUT2D eigenvalue weighted by Gasteiger charge is 2.33. The Bertz CT molecular complexity index is 530. The highest BCUT2D eigenvalue weighted by molar-refractivity contribution is 6.31. The number of likely N-dealkylation sites (tertiary alicyclic amines) is 1. The summed E-state index contributed by atoms with van der Waals surface area (Å²) in [6.45, 7) is 1.78. The van der Waals surface area contributed by atoms with E-state index >= 15 is 0 Å². The van der Waals surface area contributed by atoms with Crippen molar-refractivity contribution in [2.75, 3.05) is 33.4 Å². The van der Waals surface area contributed by atoms with Gasteiger partial charge in [0.25, 0.3) is 0 Å². The molecule has 122 valence electrons. The van der Waals surface area contributed by atoms with Crippen LogP contribution < -0.4 is 5.32 Å². The van der Waals surface area contributed by atoms with E-state index in [2.05, 4.69) is 10.2 Å². The van der Waals surface area contributed by atoms with Crippen LogP contribution in [0.25, 0.3) is 0 Å². The molecule has 1 aromatic rings. The Labute approximate surface area is 134 Å². The van der Waals surface area contributed by atoms with Crippen LogP contribution in [0.1, 0.15) is 5.56 Å². The maximum absolute atomic E-state index is 13.1. The normalized spacial score (nSPS) is 22.0. The molecule has 0 unspecified atom stereocenters. The van der Waals surface area contributed by atoms with Crippen LogP contribution in [-0.4, -0.2) is 55.4 Å². The minimum atomic E-state index is -0.367. The van der Waals surface area contributed by atoms with Crippen LogP contribution in [0.3, 0.4) is 0 Å². The second kappa shape index (κ2) is 7.87. The zero-order valence-electron chi connectivity index (χ0n) is 12.4. The van der Waals surface area contributed by atoms with Crippen molar-refractivity contribution in [1.82, 2.24) is 10.2 Å². The monoisotopic (exact) mass is 330 g/mol. The van der Waals surface area contributed by atoms with Crippen LogP contribution in [0.15, 0.2) is 18.2 Å². The van der Waals surface area contributed by atoms with E-state index in [0.29, 0.717) is 24.7 Å². The first-order valence-corrected chi connectivity index (χ1v) is 7.46. The molecule has 1 aliphatic heterocycles. The number of nitrogens with one attached hydrogen (secondary N) is 1. The topological polar surface area (TPSA) is 61.8 Å². The molecule has 2 atom stereocenters. The van der Waals surface area contributed by atoms with Crippen LogP contribution in [0.5, 0.6) is 0 Å². The first-order valence-electron chi connectivity index (χ1n) is 7.09. The molecule has 5 nitrogen and oxygen atoms in total. The van der Waals surface area contributed by atoms with Crippen LogP contribution in [-0.2, 0) is 16.1 Å². The molecule has 2 N–H and O–H groups in total. The number of ether oxygens (including phenoxy) is 1. The van der Waals surface area contributed by atoms with Gasteiger partial charge in [0.1, 0.15) is 12.4 Å². The average molecular weight is 331 g/mol. The SMILES string of the molecule is COCC(=O)N[C@@H]1CN(Cc2ccc(F)cc2Cl)C[C@H]1CO. The Morgan fingerprint density at radius 3 is 2.95 bits per heavy atom. The molecule has 0 aliphatic carbocycles. The highest BCUT2D eigenvalue weighted by atomic mass is 35.5. The summed E-state index contributed by atoms with van der Waals surface area (Å²) in [5, 5.41) is 12.7. The summed E-state index contributed by atoms with van der Waals surface area (Å²) < 4.78 is 17.9. The number of amides is 1. The van der Waals surface area contributed by atoms with Crippen molar-refractivity contribution in [1.29, 1.82) is 0 Å². The highest BCUT2D eigenvalue weighted by Crippen LogP contribution is 2.23. The summed E-state index contributed by atoms with van der Waals surface area (Å²) in [5.41, 5.74) is 0.823. The van der Waals surface area contributed by atoms with Crippen LogP contribution in [0.4, 0.5) is 4.39 Å². The number of carbonyl (C=O) groups excluding carboxylic acids is 1. The predicted molar refractivity (Wildman–Crippen MR) is 81.1 cm³/mol. The molecule has 1 amide bonds. The minimum Gasteiger partial charge on any atom is -0.396 e. The van der Waals surface area contributed by atoms with Crippen molar-refractivity contribution < 1.29 is 19.0 Å². The van der Waals surface area contributed by atoms with E-state index in [1.54, 1.807) is 6.07 Å². The Balaban J connectivity index is 1.97. The molecule has 0 bridgehead atoms. The predicted octanol–water partition coefficient (Wildman–Crippen LogP) is 1.03. The molecular weight excluding hydrogens is 311 g/mol. The molecule has 0 spiro atoms. The van der Waals surface area contributed by atoms with Gasteiger partial charge in [0, 0.05) is 50.3 Å². The molecule has 0 radical (unpaired) electrons. The fourth-order valence-electron chi connectivity index (χ4n) is 2.71. The van der Waals surface area contributed by atoms with E-state index < -0.39 is 0 Å². The van der Waals surface area contributed by atoms with Crippen molar-refractivity contribution in [3.8, 4) is 0 Å². The quantitative estimate of drug-likeness (QED) is 0.818. The van der Waals surface area contributed by atoms with Gasteiger partial charge < -0.3 is 15.2 Å². The molecule has 22 heavy (non-hydrogen) atoms. The number of hydrogen-bond acceptors (Lipinski definition) is 4.